The first kappa shape index (κ1) is 14.3. The number of amides is 1. The van der Waals surface area contributed by atoms with Crippen LogP contribution in [0.2, 0.25) is 0 Å². The van der Waals surface area contributed by atoms with Crippen LogP contribution in [0.4, 0.5) is 11.4 Å². The van der Waals surface area contributed by atoms with E-state index in [4.69, 9.17) is 5.73 Å². The zero-order valence-electron chi connectivity index (χ0n) is 10.8. The molecular weight excluding hydrogens is 322 g/mol. The van der Waals surface area contributed by atoms with E-state index in [0.29, 0.717) is 11.4 Å². The number of benzene rings is 1. The maximum absolute atomic E-state index is 12.1. The molecule has 0 fully saturated rings. The fourth-order valence-electron chi connectivity index (χ4n) is 1.73. The average Bonchev–Trinajstić information content (AvgIpc) is 2.43. The number of nitrogens with one attached hydrogen (secondary N) is 1. The number of nitrogen functional groups attached to an aromatic ring is 1. The van der Waals surface area contributed by atoms with Gasteiger partial charge in [-0.2, -0.15) is 0 Å². The highest BCUT2D eigenvalue weighted by molar-refractivity contribution is 9.10. The maximum atomic E-state index is 12.1. The molecule has 1 amide bonds. The predicted octanol–water partition coefficient (Wildman–Crippen LogP) is 2.39. The van der Waals surface area contributed by atoms with Crippen LogP contribution in [0.15, 0.2) is 51.9 Å². The molecular formula is C14H14BrN3O2. The van der Waals surface area contributed by atoms with E-state index >= 15 is 0 Å². The van der Waals surface area contributed by atoms with Gasteiger partial charge in [-0.05, 0) is 37.3 Å². The van der Waals surface area contributed by atoms with Crippen molar-refractivity contribution in [3.05, 3.63) is 57.4 Å². The van der Waals surface area contributed by atoms with Crippen molar-refractivity contribution in [3.8, 4) is 0 Å². The first-order valence-corrected chi connectivity index (χ1v) is 6.81. The number of rotatable bonds is 3. The van der Waals surface area contributed by atoms with Crippen molar-refractivity contribution in [2.75, 3.05) is 11.1 Å². The molecule has 0 aliphatic rings. The van der Waals surface area contributed by atoms with E-state index in [9.17, 15) is 9.59 Å². The SMILES string of the molecule is CC(C(=O)Nc1ccc(Br)cc1)n1cc(N)ccc1=O. The van der Waals surface area contributed by atoms with Gasteiger partial charge in [0.25, 0.3) is 5.56 Å². The third kappa shape index (κ3) is 3.27. The van der Waals surface area contributed by atoms with Crippen LogP contribution in [0.3, 0.4) is 0 Å². The average molecular weight is 336 g/mol. The standard InChI is InChI=1S/C14H14BrN3O2/c1-9(18-8-11(16)4-7-13(18)19)14(20)17-12-5-2-10(15)3-6-12/h2-9H,16H2,1H3,(H,17,20). The van der Waals surface area contributed by atoms with Gasteiger partial charge in [0.1, 0.15) is 6.04 Å². The highest BCUT2D eigenvalue weighted by Gasteiger charge is 2.16. The molecule has 1 unspecified atom stereocenters. The molecule has 20 heavy (non-hydrogen) atoms. The van der Waals surface area contributed by atoms with Crippen LogP contribution in [0.1, 0.15) is 13.0 Å². The van der Waals surface area contributed by atoms with E-state index < -0.39 is 6.04 Å². The lowest BCUT2D eigenvalue weighted by Gasteiger charge is -2.15. The third-order valence-electron chi connectivity index (χ3n) is 2.87. The summed E-state index contributed by atoms with van der Waals surface area (Å²) in [5.74, 6) is -0.278. The molecule has 2 aromatic rings. The minimum Gasteiger partial charge on any atom is -0.398 e. The lowest BCUT2D eigenvalue weighted by atomic mass is 10.2. The first-order valence-electron chi connectivity index (χ1n) is 6.01. The lowest BCUT2D eigenvalue weighted by Crippen LogP contribution is -2.31. The second-order valence-electron chi connectivity index (χ2n) is 4.38. The first-order chi connectivity index (χ1) is 9.47. The number of aromatic nitrogens is 1. The van der Waals surface area contributed by atoms with Crippen LogP contribution in [0.25, 0.3) is 0 Å². The number of pyridine rings is 1. The summed E-state index contributed by atoms with van der Waals surface area (Å²) in [4.78, 5) is 23.9. The Labute approximate surface area is 124 Å². The second kappa shape index (κ2) is 5.92. The van der Waals surface area contributed by atoms with E-state index in [-0.39, 0.29) is 11.5 Å². The molecule has 104 valence electrons. The van der Waals surface area contributed by atoms with Gasteiger partial charge in [-0.3, -0.25) is 9.59 Å². The van der Waals surface area contributed by atoms with Gasteiger partial charge in [-0.25, -0.2) is 0 Å². The zero-order valence-corrected chi connectivity index (χ0v) is 12.4. The topological polar surface area (TPSA) is 77.1 Å². The fraction of sp³-hybridized carbons (Fsp3) is 0.143. The van der Waals surface area contributed by atoms with Crippen LogP contribution < -0.4 is 16.6 Å². The largest absolute Gasteiger partial charge is 0.398 e. The summed E-state index contributed by atoms with van der Waals surface area (Å²) in [6.07, 6.45) is 1.47. The smallest absolute Gasteiger partial charge is 0.251 e. The molecule has 0 saturated carbocycles. The molecule has 5 nitrogen and oxygen atoms in total. The summed E-state index contributed by atoms with van der Waals surface area (Å²) in [5.41, 5.74) is 6.48. The quantitative estimate of drug-likeness (QED) is 0.904. The predicted molar refractivity (Wildman–Crippen MR) is 82.6 cm³/mol. The Bertz CT molecular complexity index is 680. The molecule has 1 heterocycles. The summed E-state index contributed by atoms with van der Waals surface area (Å²) in [6, 6.07) is 9.42. The number of halogens is 1. The van der Waals surface area contributed by atoms with Crippen molar-refractivity contribution in [2.24, 2.45) is 0 Å². The van der Waals surface area contributed by atoms with Gasteiger partial charge in [-0.15, -0.1) is 0 Å². The van der Waals surface area contributed by atoms with E-state index in [1.54, 1.807) is 19.1 Å². The lowest BCUT2D eigenvalue weighted by molar-refractivity contribution is -0.118. The summed E-state index contributed by atoms with van der Waals surface area (Å²) >= 11 is 3.32. The number of hydrogen-bond acceptors (Lipinski definition) is 3. The van der Waals surface area contributed by atoms with Crippen molar-refractivity contribution in [2.45, 2.75) is 13.0 Å². The second-order valence-corrected chi connectivity index (χ2v) is 5.30. The monoisotopic (exact) mass is 335 g/mol. The highest BCUT2D eigenvalue weighted by Crippen LogP contribution is 2.16. The van der Waals surface area contributed by atoms with E-state index in [2.05, 4.69) is 21.2 Å². The molecule has 3 N–H and O–H groups in total. The number of hydrogen-bond donors (Lipinski definition) is 2. The van der Waals surface area contributed by atoms with Crippen molar-refractivity contribution in [1.82, 2.24) is 4.57 Å². The van der Waals surface area contributed by atoms with Gasteiger partial charge in [-0.1, -0.05) is 15.9 Å². The Morgan fingerprint density at radius 2 is 1.90 bits per heavy atom. The van der Waals surface area contributed by atoms with Crippen molar-refractivity contribution >= 4 is 33.2 Å². The molecule has 1 atom stereocenters. The zero-order chi connectivity index (χ0) is 14.7. The Morgan fingerprint density at radius 3 is 2.55 bits per heavy atom. The molecule has 0 aliphatic carbocycles. The van der Waals surface area contributed by atoms with E-state index in [1.165, 1.54) is 22.9 Å². The maximum Gasteiger partial charge on any atom is 0.251 e. The minimum absolute atomic E-state index is 0.266. The molecule has 6 heteroatoms. The van der Waals surface area contributed by atoms with Gasteiger partial charge >= 0.3 is 0 Å². The van der Waals surface area contributed by atoms with Gasteiger partial charge in [0, 0.05) is 28.1 Å². The third-order valence-corrected chi connectivity index (χ3v) is 3.40. The van der Waals surface area contributed by atoms with Crippen molar-refractivity contribution in [3.63, 3.8) is 0 Å². The molecule has 1 aromatic carbocycles. The van der Waals surface area contributed by atoms with Crippen LogP contribution in [0, 0.1) is 0 Å². The highest BCUT2D eigenvalue weighted by atomic mass is 79.9. The number of anilines is 2. The van der Waals surface area contributed by atoms with Crippen molar-refractivity contribution in [1.29, 1.82) is 0 Å². The fourth-order valence-corrected chi connectivity index (χ4v) is 1.99. The molecule has 0 aliphatic heterocycles. The van der Waals surface area contributed by atoms with Crippen LogP contribution in [-0.2, 0) is 4.79 Å². The normalized spacial score (nSPS) is 11.9. The Hall–Kier alpha value is -2.08. The number of carbonyl (C=O) groups excluding carboxylic acids is 1. The molecule has 1 aromatic heterocycles. The Kier molecular flexibility index (Phi) is 4.24. The summed E-state index contributed by atoms with van der Waals surface area (Å²) < 4.78 is 2.24. The van der Waals surface area contributed by atoms with Gasteiger partial charge in [0.05, 0.1) is 0 Å². The summed E-state index contributed by atoms with van der Waals surface area (Å²) in [5, 5.41) is 2.75. The molecule has 0 radical (unpaired) electrons. The molecule has 0 saturated heterocycles. The Balaban J connectivity index is 2.18. The van der Waals surface area contributed by atoms with Crippen LogP contribution in [0.5, 0.6) is 0 Å². The minimum atomic E-state index is -0.644. The molecule has 0 bridgehead atoms. The summed E-state index contributed by atoms with van der Waals surface area (Å²) in [6.45, 7) is 1.65. The molecule has 2 rings (SSSR count). The number of carbonyl (C=O) groups is 1. The molecule has 0 spiro atoms. The van der Waals surface area contributed by atoms with Gasteiger partial charge in [0.2, 0.25) is 5.91 Å². The van der Waals surface area contributed by atoms with E-state index in [0.717, 1.165) is 4.47 Å². The van der Waals surface area contributed by atoms with Crippen LogP contribution >= 0.6 is 15.9 Å². The van der Waals surface area contributed by atoms with Gasteiger partial charge in [0.15, 0.2) is 0 Å². The number of nitrogens with two attached hydrogens (primary N) is 1. The Morgan fingerprint density at radius 1 is 1.25 bits per heavy atom. The number of nitrogens with zero attached hydrogens (tertiary/aromatic N) is 1. The van der Waals surface area contributed by atoms with E-state index in [1.807, 2.05) is 12.1 Å². The van der Waals surface area contributed by atoms with Crippen molar-refractivity contribution < 1.29 is 4.79 Å². The summed E-state index contributed by atoms with van der Waals surface area (Å²) in [7, 11) is 0. The van der Waals surface area contributed by atoms with Gasteiger partial charge < -0.3 is 15.6 Å². The van der Waals surface area contributed by atoms with Crippen LogP contribution in [-0.4, -0.2) is 10.5 Å².